The maximum absolute atomic E-state index is 12.5. The van der Waals surface area contributed by atoms with Gasteiger partial charge in [-0.2, -0.15) is 0 Å². The van der Waals surface area contributed by atoms with Gasteiger partial charge in [0, 0.05) is 35.3 Å². The molecule has 3 rings (SSSR count). The van der Waals surface area contributed by atoms with E-state index in [1.807, 2.05) is 6.92 Å². The molecule has 0 radical (unpaired) electrons. The molecule has 0 fully saturated rings. The van der Waals surface area contributed by atoms with Crippen LogP contribution < -0.4 is 24.8 Å². The zero-order valence-corrected chi connectivity index (χ0v) is 18.9. The Labute approximate surface area is 187 Å². The molecule has 3 aromatic carbocycles. The van der Waals surface area contributed by atoms with Crippen molar-refractivity contribution in [3.8, 4) is 11.5 Å². The van der Waals surface area contributed by atoms with Crippen molar-refractivity contribution in [1.29, 1.82) is 0 Å². The van der Waals surface area contributed by atoms with E-state index in [9.17, 15) is 8.42 Å². The first kappa shape index (κ1) is 22.4. The molecule has 0 bridgehead atoms. The highest BCUT2D eigenvalue weighted by Gasteiger charge is 2.13. The summed E-state index contributed by atoms with van der Waals surface area (Å²) < 4.78 is 38.1. The van der Waals surface area contributed by atoms with Gasteiger partial charge in [0.2, 0.25) is 0 Å². The van der Waals surface area contributed by atoms with Crippen LogP contribution in [0.25, 0.3) is 0 Å². The first-order valence-electron chi connectivity index (χ1n) is 9.30. The Balaban J connectivity index is 1.64. The van der Waals surface area contributed by atoms with E-state index in [0.717, 1.165) is 5.56 Å². The third kappa shape index (κ3) is 6.09. The molecule has 0 saturated carbocycles. The lowest BCUT2D eigenvalue weighted by Gasteiger charge is -2.13. The molecule has 31 heavy (non-hydrogen) atoms. The Kier molecular flexibility index (Phi) is 6.98. The maximum atomic E-state index is 12.5. The van der Waals surface area contributed by atoms with Gasteiger partial charge in [0.25, 0.3) is 10.0 Å². The van der Waals surface area contributed by atoms with Crippen molar-refractivity contribution < 1.29 is 17.9 Å². The van der Waals surface area contributed by atoms with Gasteiger partial charge in [-0.15, -0.1) is 0 Å². The zero-order valence-electron chi connectivity index (χ0n) is 17.3. The number of rotatable bonds is 7. The molecule has 0 aromatic heterocycles. The largest absolute Gasteiger partial charge is 0.497 e. The molecule has 3 aromatic rings. The predicted molar refractivity (Wildman–Crippen MR) is 128 cm³/mol. The summed E-state index contributed by atoms with van der Waals surface area (Å²) in [6.45, 7) is 1.90. The number of thiocarbonyl (C=S) groups is 1. The van der Waals surface area contributed by atoms with E-state index in [1.54, 1.807) is 80.9 Å². The van der Waals surface area contributed by atoms with Gasteiger partial charge < -0.3 is 20.1 Å². The molecular weight excluding hydrogens is 434 g/mol. The van der Waals surface area contributed by atoms with Crippen LogP contribution in [0.4, 0.5) is 17.1 Å². The number of aryl methyl sites for hydroxylation is 1. The van der Waals surface area contributed by atoms with Crippen LogP contribution in [0.15, 0.2) is 71.6 Å². The molecule has 3 N–H and O–H groups in total. The predicted octanol–water partition coefficient (Wildman–Crippen LogP) is 4.62. The molecular formula is C22H23N3O4S2. The van der Waals surface area contributed by atoms with E-state index >= 15 is 0 Å². The smallest absolute Gasteiger partial charge is 0.261 e. The minimum Gasteiger partial charge on any atom is -0.497 e. The molecule has 7 nitrogen and oxygen atoms in total. The highest BCUT2D eigenvalue weighted by molar-refractivity contribution is 7.92. The van der Waals surface area contributed by atoms with E-state index < -0.39 is 10.0 Å². The van der Waals surface area contributed by atoms with E-state index in [2.05, 4.69) is 15.4 Å². The molecule has 162 valence electrons. The summed E-state index contributed by atoms with van der Waals surface area (Å²) in [5.74, 6) is 1.27. The standard InChI is InChI=1S/C22H23N3O4S2/c1-15-4-10-21(11-5-15)31(26,27)25-17-8-6-16(7-9-17)23-22(30)24-18-12-19(28-2)14-20(13-18)29-3/h4-14,25H,1-3H3,(H2,23,24,30). The normalized spacial score (nSPS) is 10.8. The summed E-state index contributed by atoms with van der Waals surface area (Å²) in [6.07, 6.45) is 0. The van der Waals surface area contributed by atoms with Gasteiger partial charge in [-0.05, 0) is 55.5 Å². The molecule has 0 aliphatic rings. The van der Waals surface area contributed by atoms with Crippen LogP contribution in [0.2, 0.25) is 0 Å². The number of anilines is 3. The van der Waals surface area contributed by atoms with E-state index in [-0.39, 0.29) is 4.90 Å². The number of hydrogen-bond acceptors (Lipinski definition) is 5. The first-order valence-corrected chi connectivity index (χ1v) is 11.2. The summed E-state index contributed by atoms with van der Waals surface area (Å²) in [5, 5.41) is 6.49. The lowest BCUT2D eigenvalue weighted by atomic mass is 10.2. The van der Waals surface area contributed by atoms with Crippen LogP contribution in [-0.2, 0) is 10.0 Å². The van der Waals surface area contributed by atoms with Crippen LogP contribution in [-0.4, -0.2) is 27.7 Å². The zero-order chi connectivity index (χ0) is 22.4. The number of ether oxygens (including phenoxy) is 2. The summed E-state index contributed by atoms with van der Waals surface area (Å²) >= 11 is 5.36. The molecule has 0 aliphatic heterocycles. The number of sulfonamides is 1. The summed E-state index contributed by atoms with van der Waals surface area (Å²) in [5.41, 5.74) is 2.84. The number of nitrogens with one attached hydrogen (secondary N) is 3. The minimum atomic E-state index is -3.65. The third-order valence-electron chi connectivity index (χ3n) is 4.34. The van der Waals surface area contributed by atoms with Crippen LogP contribution in [0.5, 0.6) is 11.5 Å². The fourth-order valence-corrected chi connectivity index (χ4v) is 4.02. The summed E-state index contributed by atoms with van der Waals surface area (Å²) in [4.78, 5) is 0.208. The van der Waals surface area contributed by atoms with Crippen molar-refractivity contribution in [3.05, 3.63) is 72.3 Å². The Morgan fingerprint density at radius 3 is 1.84 bits per heavy atom. The van der Waals surface area contributed by atoms with Gasteiger partial charge in [-0.25, -0.2) is 8.42 Å². The van der Waals surface area contributed by atoms with Gasteiger partial charge in [-0.3, -0.25) is 4.72 Å². The Morgan fingerprint density at radius 1 is 0.774 bits per heavy atom. The molecule has 0 atom stereocenters. The molecule has 0 heterocycles. The van der Waals surface area contributed by atoms with Crippen molar-refractivity contribution in [2.45, 2.75) is 11.8 Å². The van der Waals surface area contributed by atoms with Crippen LogP contribution >= 0.6 is 12.2 Å². The monoisotopic (exact) mass is 457 g/mol. The topological polar surface area (TPSA) is 88.7 Å². The molecule has 9 heteroatoms. The SMILES string of the molecule is COc1cc(NC(=S)Nc2ccc(NS(=O)(=O)c3ccc(C)cc3)cc2)cc(OC)c1. The van der Waals surface area contributed by atoms with Crippen LogP contribution in [0.1, 0.15) is 5.56 Å². The fourth-order valence-electron chi connectivity index (χ4n) is 2.73. The van der Waals surface area contributed by atoms with E-state index in [0.29, 0.717) is 33.7 Å². The van der Waals surface area contributed by atoms with Crippen molar-refractivity contribution in [2.24, 2.45) is 0 Å². The Morgan fingerprint density at radius 2 is 1.29 bits per heavy atom. The minimum absolute atomic E-state index is 0.208. The molecule has 0 spiro atoms. The number of hydrogen-bond donors (Lipinski definition) is 3. The number of methoxy groups -OCH3 is 2. The molecule has 0 amide bonds. The van der Waals surface area contributed by atoms with Gasteiger partial charge in [0.1, 0.15) is 11.5 Å². The van der Waals surface area contributed by atoms with Gasteiger partial charge >= 0.3 is 0 Å². The fraction of sp³-hybridized carbons (Fsp3) is 0.136. The first-order chi connectivity index (χ1) is 14.8. The molecule has 0 saturated heterocycles. The molecule has 0 unspecified atom stereocenters. The number of benzene rings is 3. The quantitative estimate of drug-likeness (QED) is 0.446. The van der Waals surface area contributed by atoms with Crippen LogP contribution in [0.3, 0.4) is 0 Å². The van der Waals surface area contributed by atoms with Crippen molar-refractivity contribution >= 4 is 44.4 Å². The van der Waals surface area contributed by atoms with Gasteiger partial charge in [0.15, 0.2) is 5.11 Å². The molecule has 0 aliphatic carbocycles. The highest BCUT2D eigenvalue weighted by Crippen LogP contribution is 2.26. The highest BCUT2D eigenvalue weighted by atomic mass is 32.2. The van der Waals surface area contributed by atoms with Crippen molar-refractivity contribution in [1.82, 2.24) is 0 Å². The summed E-state index contributed by atoms with van der Waals surface area (Å²) in [7, 11) is -0.506. The van der Waals surface area contributed by atoms with E-state index in [1.165, 1.54) is 0 Å². The maximum Gasteiger partial charge on any atom is 0.261 e. The Bertz CT molecular complexity index is 1140. The van der Waals surface area contributed by atoms with Gasteiger partial charge in [0.05, 0.1) is 19.1 Å². The van der Waals surface area contributed by atoms with Gasteiger partial charge in [-0.1, -0.05) is 17.7 Å². The lowest BCUT2D eigenvalue weighted by Crippen LogP contribution is -2.19. The average Bonchev–Trinajstić information content (AvgIpc) is 2.74. The van der Waals surface area contributed by atoms with Crippen molar-refractivity contribution in [2.75, 3.05) is 29.6 Å². The summed E-state index contributed by atoms with van der Waals surface area (Å²) in [6, 6.07) is 18.8. The van der Waals surface area contributed by atoms with Crippen molar-refractivity contribution in [3.63, 3.8) is 0 Å². The van der Waals surface area contributed by atoms with Crippen LogP contribution in [0, 0.1) is 6.92 Å². The second-order valence-electron chi connectivity index (χ2n) is 6.68. The lowest BCUT2D eigenvalue weighted by molar-refractivity contribution is 0.395. The second kappa shape index (κ2) is 9.67. The second-order valence-corrected chi connectivity index (χ2v) is 8.77. The van der Waals surface area contributed by atoms with E-state index in [4.69, 9.17) is 21.7 Å². The third-order valence-corrected chi connectivity index (χ3v) is 5.94. The average molecular weight is 458 g/mol. The Hall–Kier alpha value is -3.30.